The highest BCUT2D eigenvalue weighted by Crippen LogP contribution is 2.32. The van der Waals surface area contributed by atoms with Crippen LogP contribution in [-0.2, 0) is 10.1 Å². The first-order valence-electron chi connectivity index (χ1n) is 4.12. The molecule has 0 aromatic heterocycles. The van der Waals surface area contributed by atoms with E-state index in [1.54, 1.807) is 0 Å². The molecule has 18 heavy (non-hydrogen) atoms. The molecule has 0 aliphatic rings. The lowest BCUT2D eigenvalue weighted by atomic mass is 10.1. The molecule has 0 heterocycles. The van der Waals surface area contributed by atoms with Crippen molar-refractivity contribution < 1.29 is 50.2 Å². The molecule has 1 aromatic rings. The number of carbonyl (C=O) groups is 2. The largest absolute Gasteiger partial charge is 0.478 e. The summed E-state index contributed by atoms with van der Waals surface area (Å²) in [5, 5.41) is 40.4. The van der Waals surface area contributed by atoms with E-state index in [0.717, 1.165) is 12.1 Å². The van der Waals surface area contributed by atoms with E-state index in [1.165, 1.54) is 0 Å². The van der Waals surface area contributed by atoms with E-state index < -0.39 is 34.6 Å². The third-order valence-corrected chi connectivity index (χ3v) is 1.81. The van der Waals surface area contributed by atoms with Gasteiger partial charge in [0.2, 0.25) is 5.75 Å². The highest BCUT2D eigenvalue weighted by molar-refractivity contribution is 6.00. The second kappa shape index (κ2) is 5.79. The fourth-order valence-corrected chi connectivity index (χ4v) is 1.17. The molecule has 0 unspecified atom stereocenters. The minimum Gasteiger partial charge on any atom is -0.478 e. The van der Waals surface area contributed by atoms with E-state index in [9.17, 15) is 9.59 Å². The summed E-state index contributed by atoms with van der Waals surface area (Å²) in [6, 6.07) is 1.78. The van der Waals surface area contributed by atoms with Crippen LogP contribution in [0.1, 0.15) is 20.7 Å². The Labute approximate surface area is 97.8 Å². The van der Waals surface area contributed by atoms with Crippen LogP contribution in [0.5, 0.6) is 11.5 Å². The Morgan fingerprint density at radius 2 is 1.56 bits per heavy atom. The molecule has 98 valence electrons. The van der Waals surface area contributed by atoms with Gasteiger partial charge in [-0.15, -0.1) is 0 Å². The summed E-state index contributed by atoms with van der Waals surface area (Å²) in [6.07, 6.45) is 0. The highest BCUT2D eigenvalue weighted by Gasteiger charge is 2.27. The first-order valence-corrected chi connectivity index (χ1v) is 4.12. The van der Waals surface area contributed by atoms with Crippen LogP contribution < -0.4 is 9.78 Å². The Morgan fingerprint density at radius 1 is 0.944 bits per heavy atom. The maximum absolute atomic E-state index is 10.9. The average molecular weight is 262 g/mol. The minimum atomic E-state index is -1.67. The summed E-state index contributed by atoms with van der Waals surface area (Å²) < 4.78 is 0. The molecule has 10 heteroatoms. The summed E-state index contributed by atoms with van der Waals surface area (Å²) >= 11 is 0. The molecule has 0 aliphatic carbocycles. The summed E-state index contributed by atoms with van der Waals surface area (Å²) in [5.41, 5.74) is -1.45. The lowest BCUT2D eigenvalue weighted by Gasteiger charge is -2.10. The van der Waals surface area contributed by atoms with Gasteiger partial charge in [0.1, 0.15) is 5.56 Å². The van der Waals surface area contributed by atoms with Crippen LogP contribution in [0.25, 0.3) is 0 Å². The summed E-state index contributed by atoms with van der Waals surface area (Å²) in [7, 11) is 0. The Morgan fingerprint density at radius 3 is 2.00 bits per heavy atom. The smallest absolute Gasteiger partial charge is 0.343 e. The topological polar surface area (TPSA) is 152 Å². The Kier molecular flexibility index (Phi) is 4.39. The third kappa shape index (κ3) is 2.64. The average Bonchev–Trinajstić information content (AvgIpc) is 2.29. The maximum atomic E-state index is 10.9. The van der Waals surface area contributed by atoms with E-state index in [-0.39, 0.29) is 0 Å². The number of benzene rings is 1. The van der Waals surface area contributed by atoms with Gasteiger partial charge in [-0.1, -0.05) is 0 Å². The highest BCUT2D eigenvalue weighted by atomic mass is 17.5. The van der Waals surface area contributed by atoms with Gasteiger partial charge in [-0.25, -0.2) is 20.1 Å². The summed E-state index contributed by atoms with van der Waals surface area (Å²) in [5.74, 6) is -4.62. The molecular formula is C8H6O10. The predicted molar refractivity (Wildman–Crippen MR) is 49.0 cm³/mol. The van der Waals surface area contributed by atoms with Gasteiger partial charge in [-0.3, -0.25) is 0 Å². The van der Waals surface area contributed by atoms with Crippen molar-refractivity contribution in [3.05, 3.63) is 23.3 Å². The van der Waals surface area contributed by atoms with Gasteiger partial charge in [0.15, 0.2) is 11.3 Å². The van der Waals surface area contributed by atoms with Crippen molar-refractivity contribution in [2.45, 2.75) is 0 Å². The van der Waals surface area contributed by atoms with Crippen molar-refractivity contribution in [2.75, 3.05) is 0 Å². The Balaban J connectivity index is 3.48. The molecule has 0 atom stereocenters. The van der Waals surface area contributed by atoms with Crippen LogP contribution in [0.4, 0.5) is 0 Å². The van der Waals surface area contributed by atoms with Crippen LogP contribution in [0.3, 0.4) is 0 Å². The number of hydrogen-bond donors (Lipinski definition) is 4. The normalized spacial score (nSPS) is 9.89. The van der Waals surface area contributed by atoms with E-state index in [2.05, 4.69) is 19.9 Å². The molecule has 0 saturated heterocycles. The zero-order valence-electron chi connectivity index (χ0n) is 8.39. The van der Waals surface area contributed by atoms with Gasteiger partial charge in [0.05, 0.1) is 0 Å². The molecule has 0 amide bonds. The maximum Gasteiger partial charge on any atom is 0.343 e. The lowest BCUT2D eigenvalue weighted by molar-refractivity contribution is -0.441. The van der Waals surface area contributed by atoms with Crippen molar-refractivity contribution in [1.82, 2.24) is 0 Å². The van der Waals surface area contributed by atoms with Crippen LogP contribution >= 0.6 is 0 Å². The fraction of sp³-hybridized carbons (Fsp3) is 0. The van der Waals surface area contributed by atoms with Gasteiger partial charge in [0, 0.05) is 0 Å². The summed E-state index contributed by atoms with van der Waals surface area (Å²) in [6.45, 7) is 0. The van der Waals surface area contributed by atoms with E-state index in [0.29, 0.717) is 0 Å². The molecule has 0 saturated carbocycles. The zero-order valence-corrected chi connectivity index (χ0v) is 8.39. The first kappa shape index (κ1) is 13.7. The molecular weight excluding hydrogens is 256 g/mol. The number of hydrogen-bond acceptors (Lipinski definition) is 8. The number of rotatable bonds is 6. The lowest BCUT2D eigenvalue weighted by Crippen LogP contribution is -2.11. The van der Waals surface area contributed by atoms with Crippen molar-refractivity contribution >= 4 is 11.9 Å². The van der Waals surface area contributed by atoms with Crippen LogP contribution in [0, 0.1) is 0 Å². The van der Waals surface area contributed by atoms with Crippen LogP contribution in [-0.4, -0.2) is 32.7 Å². The van der Waals surface area contributed by atoms with Gasteiger partial charge in [0.25, 0.3) is 0 Å². The second-order valence-corrected chi connectivity index (χ2v) is 2.74. The Hall–Kier alpha value is -2.40. The summed E-state index contributed by atoms with van der Waals surface area (Å²) in [4.78, 5) is 29.9. The SMILES string of the molecule is O=C(O)c1ccc(OOO)c(C(=O)O)c1OOO. The van der Waals surface area contributed by atoms with Crippen LogP contribution in [0.2, 0.25) is 0 Å². The molecule has 0 fully saturated rings. The molecule has 0 bridgehead atoms. The molecule has 10 nitrogen and oxygen atoms in total. The van der Waals surface area contributed by atoms with E-state index >= 15 is 0 Å². The van der Waals surface area contributed by atoms with E-state index in [1.807, 2.05) is 0 Å². The molecule has 1 rings (SSSR count). The monoisotopic (exact) mass is 262 g/mol. The third-order valence-electron chi connectivity index (χ3n) is 1.81. The van der Waals surface area contributed by atoms with Gasteiger partial charge < -0.3 is 20.0 Å². The first-order chi connectivity index (χ1) is 8.52. The van der Waals surface area contributed by atoms with Crippen molar-refractivity contribution in [2.24, 2.45) is 0 Å². The quantitative estimate of drug-likeness (QED) is 0.424. The Bertz CT molecular complexity index is 467. The second-order valence-electron chi connectivity index (χ2n) is 2.74. The molecule has 0 aliphatic heterocycles. The number of aromatic carboxylic acids is 2. The fourth-order valence-electron chi connectivity index (χ4n) is 1.17. The molecule has 1 aromatic carbocycles. The van der Waals surface area contributed by atoms with Gasteiger partial charge in [-0.2, -0.15) is 0 Å². The van der Waals surface area contributed by atoms with Crippen molar-refractivity contribution in [3.63, 3.8) is 0 Å². The zero-order chi connectivity index (χ0) is 13.7. The number of carboxylic acid groups (broad SMARTS) is 2. The van der Waals surface area contributed by atoms with E-state index in [4.69, 9.17) is 20.7 Å². The predicted octanol–water partition coefficient (Wildman–Crippen LogP) is 0.650. The standard InChI is InChI=1S/C8H6O10/c9-7(10)3-1-2-4(15-17-13)5(8(11)12)6(3)16-18-14/h1-2,13-14H,(H,9,10)(H,11,12). The van der Waals surface area contributed by atoms with Crippen LogP contribution in [0.15, 0.2) is 12.1 Å². The van der Waals surface area contributed by atoms with Crippen molar-refractivity contribution in [1.29, 1.82) is 0 Å². The number of carboxylic acids is 2. The molecule has 4 N–H and O–H groups in total. The van der Waals surface area contributed by atoms with Gasteiger partial charge in [-0.05, 0) is 22.2 Å². The minimum absolute atomic E-state index is 0.568. The van der Waals surface area contributed by atoms with Crippen molar-refractivity contribution in [3.8, 4) is 11.5 Å². The van der Waals surface area contributed by atoms with Gasteiger partial charge >= 0.3 is 11.9 Å². The molecule has 0 radical (unpaired) electrons. The molecule has 0 spiro atoms.